The Morgan fingerprint density at radius 3 is 2.40 bits per heavy atom. The fourth-order valence-electron chi connectivity index (χ4n) is 4.06. The first kappa shape index (κ1) is 14.2. The maximum Gasteiger partial charge on any atom is 0.323 e. The van der Waals surface area contributed by atoms with Crippen LogP contribution in [-0.2, 0) is 16.0 Å². The van der Waals surface area contributed by atoms with Crippen molar-refractivity contribution in [3.63, 3.8) is 0 Å². The molecule has 0 saturated heterocycles. The number of carbonyl (C=O) groups is 1. The Kier molecular flexibility index (Phi) is 3.27. The average molecular weight is 314 g/mol. The van der Waals surface area contributed by atoms with Gasteiger partial charge in [0, 0.05) is 10.0 Å². The van der Waals surface area contributed by atoms with Gasteiger partial charge in [-0.15, -0.1) is 0 Å². The predicted molar refractivity (Wildman–Crippen MR) is 78.9 cm³/mol. The van der Waals surface area contributed by atoms with Crippen molar-refractivity contribution in [2.24, 2.45) is 16.6 Å². The third-order valence-electron chi connectivity index (χ3n) is 4.91. The predicted octanol–water partition coefficient (Wildman–Crippen LogP) is 3.21. The molecule has 1 unspecified atom stereocenters. The third kappa shape index (κ3) is 1.95. The number of nitrogens with two attached hydrogens (primary N) is 1. The molecule has 4 rings (SSSR count). The van der Waals surface area contributed by atoms with Gasteiger partial charge in [-0.2, -0.15) is 0 Å². The number of esters is 1. The molecule has 3 aliphatic carbocycles. The summed E-state index contributed by atoms with van der Waals surface area (Å²) in [5.74, 6) is -0.311. The van der Waals surface area contributed by atoms with Crippen molar-refractivity contribution in [3.05, 3.63) is 33.8 Å². The Balaban J connectivity index is 1.69. The lowest BCUT2D eigenvalue weighted by molar-refractivity contribution is -0.220. The normalized spacial score (nSPS) is 32.0. The summed E-state index contributed by atoms with van der Waals surface area (Å²) in [4.78, 5) is 11.6. The van der Waals surface area contributed by atoms with Crippen LogP contribution in [0.3, 0.4) is 0 Å². The van der Waals surface area contributed by atoms with E-state index in [2.05, 4.69) is 0 Å². The monoisotopic (exact) mass is 313 g/mol. The molecule has 3 nitrogen and oxygen atoms in total. The summed E-state index contributed by atoms with van der Waals surface area (Å²) in [5, 5.41) is 1.43. The smallest absolute Gasteiger partial charge is 0.323 e. The molecule has 0 amide bonds. The van der Waals surface area contributed by atoms with E-state index in [0.717, 1.165) is 31.2 Å². The molecule has 0 spiro atoms. The van der Waals surface area contributed by atoms with Crippen LogP contribution in [0.25, 0.3) is 0 Å². The third-order valence-corrected chi connectivity index (χ3v) is 5.62. The van der Waals surface area contributed by atoms with Crippen LogP contribution in [0.1, 0.15) is 24.8 Å². The lowest BCUT2D eigenvalue weighted by Gasteiger charge is -2.72. The number of hydrogen-bond donors (Lipinski definition) is 1. The molecule has 1 aromatic carbocycles. The van der Waals surface area contributed by atoms with Crippen LogP contribution in [0, 0.1) is 10.8 Å². The van der Waals surface area contributed by atoms with Crippen LogP contribution in [0.5, 0.6) is 0 Å². The first-order valence-corrected chi connectivity index (χ1v) is 7.43. The van der Waals surface area contributed by atoms with E-state index in [4.69, 9.17) is 33.7 Å². The van der Waals surface area contributed by atoms with Crippen molar-refractivity contribution < 1.29 is 9.53 Å². The number of hydrogen-bond acceptors (Lipinski definition) is 3. The van der Waals surface area contributed by atoms with Gasteiger partial charge in [0.2, 0.25) is 0 Å². The highest BCUT2D eigenvalue weighted by molar-refractivity contribution is 6.36. The molecule has 3 fully saturated rings. The Bertz CT molecular complexity index is 533. The van der Waals surface area contributed by atoms with E-state index in [1.54, 1.807) is 0 Å². The lowest BCUT2D eigenvalue weighted by Crippen LogP contribution is -2.71. The van der Waals surface area contributed by atoms with E-state index in [0.29, 0.717) is 10.0 Å². The maximum atomic E-state index is 11.6. The number of benzene rings is 1. The minimum Gasteiger partial charge on any atom is -0.468 e. The molecule has 1 atom stereocenters. The topological polar surface area (TPSA) is 52.3 Å². The van der Waals surface area contributed by atoms with E-state index in [1.165, 1.54) is 7.11 Å². The number of halogens is 2. The second kappa shape index (κ2) is 4.62. The zero-order valence-corrected chi connectivity index (χ0v) is 12.8. The number of carbonyl (C=O) groups excluding carboxylic acids is 1. The summed E-state index contributed by atoms with van der Waals surface area (Å²) in [6.45, 7) is 0. The van der Waals surface area contributed by atoms with Crippen molar-refractivity contribution in [1.29, 1.82) is 0 Å². The minimum absolute atomic E-state index is 0.0547. The standard InChI is InChI=1S/C15H17Cl2NO2/c1-20-13(19)12(18)15-6-14(7-15,8-15)5-9-10(16)3-2-4-11(9)17/h2-4,12H,5-8,18H2,1H3. The minimum atomic E-state index is -0.504. The van der Waals surface area contributed by atoms with Gasteiger partial charge in [-0.05, 0) is 54.2 Å². The van der Waals surface area contributed by atoms with Gasteiger partial charge in [-0.3, -0.25) is 4.79 Å². The molecule has 3 aliphatic rings. The van der Waals surface area contributed by atoms with Crippen LogP contribution < -0.4 is 5.73 Å². The van der Waals surface area contributed by atoms with E-state index < -0.39 is 6.04 Å². The van der Waals surface area contributed by atoms with Crippen molar-refractivity contribution in [2.75, 3.05) is 7.11 Å². The summed E-state index contributed by atoms with van der Waals surface area (Å²) in [5.41, 5.74) is 7.17. The van der Waals surface area contributed by atoms with Gasteiger partial charge in [-0.1, -0.05) is 29.3 Å². The largest absolute Gasteiger partial charge is 0.468 e. The average Bonchev–Trinajstić information content (AvgIpc) is 2.33. The summed E-state index contributed by atoms with van der Waals surface area (Å²) < 4.78 is 4.74. The molecule has 1 aromatic rings. The van der Waals surface area contributed by atoms with E-state index in [1.807, 2.05) is 18.2 Å². The van der Waals surface area contributed by atoms with Crippen LogP contribution >= 0.6 is 23.2 Å². The molecule has 0 radical (unpaired) electrons. The number of ether oxygens (including phenoxy) is 1. The molecule has 108 valence electrons. The van der Waals surface area contributed by atoms with E-state index in [-0.39, 0.29) is 16.8 Å². The highest BCUT2D eigenvalue weighted by atomic mass is 35.5. The number of methoxy groups -OCH3 is 1. The fraction of sp³-hybridized carbons (Fsp3) is 0.533. The quantitative estimate of drug-likeness (QED) is 0.868. The van der Waals surface area contributed by atoms with Crippen molar-refractivity contribution in [1.82, 2.24) is 0 Å². The molecule has 20 heavy (non-hydrogen) atoms. The summed E-state index contributed by atoms with van der Waals surface area (Å²) in [6, 6.07) is 5.08. The molecule has 2 bridgehead atoms. The lowest BCUT2D eigenvalue weighted by atomic mass is 9.32. The number of rotatable bonds is 4. The van der Waals surface area contributed by atoms with E-state index >= 15 is 0 Å². The summed E-state index contributed by atoms with van der Waals surface area (Å²) in [7, 11) is 1.38. The Morgan fingerprint density at radius 1 is 1.35 bits per heavy atom. The SMILES string of the molecule is COC(=O)C(N)C12CC(Cc3c(Cl)cccc3Cl)(C1)C2. The molecule has 0 heterocycles. The van der Waals surface area contributed by atoms with Gasteiger partial charge >= 0.3 is 5.97 Å². The Morgan fingerprint density at radius 2 is 1.90 bits per heavy atom. The Labute approximate surface area is 128 Å². The van der Waals surface area contributed by atoms with Crippen molar-refractivity contribution >= 4 is 29.2 Å². The van der Waals surface area contributed by atoms with Gasteiger partial charge < -0.3 is 10.5 Å². The van der Waals surface area contributed by atoms with Gasteiger partial charge in [0.25, 0.3) is 0 Å². The first-order chi connectivity index (χ1) is 9.41. The van der Waals surface area contributed by atoms with Gasteiger partial charge in [0.15, 0.2) is 0 Å². The van der Waals surface area contributed by atoms with Gasteiger partial charge in [0.1, 0.15) is 6.04 Å². The van der Waals surface area contributed by atoms with Gasteiger partial charge in [-0.25, -0.2) is 0 Å². The molecule has 0 aliphatic heterocycles. The Hall–Kier alpha value is -0.770. The molecule has 0 aromatic heterocycles. The van der Waals surface area contributed by atoms with Crippen LogP contribution in [0.4, 0.5) is 0 Å². The van der Waals surface area contributed by atoms with Crippen molar-refractivity contribution in [3.8, 4) is 0 Å². The summed E-state index contributed by atoms with van der Waals surface area (Å²) >= 11 is 12.4. The highest BCUT2D eigenvalue weighted by Gasteiger charge is 2.70. The molecule has 2 N–H and O–H groups in total. The van der Waals surface area contributed by atoms with Crippen LogP contribution in [0.15, 0.2) is 18.2 Å². The fourth-order valence-corrected chi connectivity index (χ4v) is 4.59. The zero-order valence-electron chi connectivity index (χ0n) is 11.3. The van der Waals surface area contributed by atoms with E-state index in [9.17, 15) is 4.79 Å². The molecular weight excluding hydrogens is 297 g/mol. The maximum absolute atomic E-state index is 11.6. The zero-order chi connectivity index (χ0) is 14.5. The molecule has 3 saturated carbocycles. The molecular formula is C15H17Cl2NO2. The highest BCUT2D eigenvalue weighted by Crippen LogP contribution is 2.75. The second-order valence-electron chi connectivity index (χ2n) is 6.27. The van der Waals surface area contributed by atoms with Crippen LogP contribution in [-0.4, -0.2) is 19.1 Å². The second-order valence-corrected chi connectivity index (χ2v) is 7.08. The summed E-state index contributed by atoms with van der Waals surface area (Å²) in [6.07, 6.45) is 3.73. The van der Waals surface area contributed by atoms with Crippen LogP contribution in [0.2, 0.25) is 10.0 Å². The first-order valence-electron chi connectivity index (χ1n) is 6.68. The van der Waals surface area contributed by atoms with Crippen molar-refractivity contribution in [2.45, 2.75) is 31.7 Å². The molecule has 5 heteroatoms. The van der Waals surface area contributed by atoms with Gasteiger partial charge in [0.05, 0.1) is 7.11 Å².